The molecule has 7 nitrogen and oxygen atoms in total. The van der Waals surface area contributed by atoms with Crippen LogP contribution in [0.2, 0.25) is 0 Å². The van der Waals surface area contributed by atoms with Gasteiger partial charge in [0, 0.05) is 30.9 Å². The first-order chi connectivity index (χ1) is 10.5. The van der Waals surface area contributed by atoms with Crippen LogP contribution in [-0.4, -0.2) is 47.7 Å². The van der Waals surface area contributed by atoms with Gasteiger partial charge in [-0.15, -0.1) is 0 Å². The number of carbonyl (C=O) groups excluding carboxylic acids is 1. The van der Waals surface area contributed by atoms with Gasteiger partial charge in [-0.05, 0) is 29.7 Å². The number of aliphatic carboxylic acids is 1. The summed E-state index contributed by atoms with van der Waals surface area (Å²) in [6.45, 7) is 0.145. The number of methoxy groups -OCH3 is 1. The van der Waals surface area contributed by atoms with E-state index in [1.165, 1.54) is 4.90 Å². The second-order valence-corrected chi connectivity index (χ2v) is 4.75. The lowest BCUT2D eigenvalue weighted by atomic mass is 10.1. The minimum absolute atomic E-state index is 0.0927. The Bertz CT molecular complexity index is 702. The van der Waals surface area contributed by atoms with Crippen molar-refractivity contribution in [2.45, 2.75) is 6.42 Å². The van der Waals surface area contributed by atoms with Crippen LogP contribution < -0.4 is 10.1 Å². The zero-order valence-corrected chi connectivity index (χ0v) is 12.4. The minimum Gasteiger partial charge on any atom is -0.481 e. The minimum atomic E-state index is -0.940. The fourth-order valence-corrected chi connectivity index (χ4v) is 1.97. The third-order valence-electron chi connectivity index (χ3n) is 3.18. The van der Waals surface area contributed by atoms with Crippen molar-refractivity contribution in [1.29, 1.82) is 0 Å². The van der Waals surface area contributed by atoms with Crippen LogP contribution in [0.5, 0.6) is 5.88 Å². The second kappa shape index (κ2) is 6.75. The first-order valence-electron chi connectivity index (χ1n) is 6.68. The second-order valence-electron chi connectivity index (χ2n) is 4.75. The van der Waals surface area contributed by atoms with Crippen molar-refractivity contribution in [1.82, 2.24) is 9.88 Å². The number of ether oxygens (including phenoxy) is 1. The van der Waals surface area contributed by atoms with Crippen LogP contribution in [0.25, 0.3) is 10.8 Å². The number of nitrogens with one attached hydrogen (secondary N) is 1. The lowest BCUT2D eigenvalue weighted by Crippen LogP contribution is -2.33. The van der Waals surface area contributed by atoms with E-state index in [-0.39, 0.29) is 19.0 Å². The van der Waals surface area contributed by atoms with Gasteiger partial charge in [0.05, 0.1) is 13.5 Å². The topological polar surface area (TPSA) is 91.8 Å². The Kier molecular flexibility index (Phi) is 4.77. The predicted molar refractivity (Wildman–Crippen MR) is 82.2 cm³/mol. The van der Waals surface area contributed by atoms with Gasteiger partial charge in [-0.2, -0.15) is 0 Å². The number of aromatic nitrogens is 1. The van der Waals surface area contributed by atoms with E-state index < -0.39 is 5.97 Å². The molecular formula is C15H17N3O4. The molecule has 2 aromatic rings. The Labute approximate surface area is 127 Å². The summed E-state index contributed by atoms with van der Waals surface area (Å²) in [5.41, 5.74) is 0.618. The number of anilines is 1. The molecule has 0 spiro atoms. The maximum Gasteiger partial charge on any atom is 0.321 e. The van der Waals surface area contributed by atoms with E-state index in [9.17, 15) is 9.59 Å². The van der Waals surface area contributed by atoms with Gasteiger partial charge in [0.1, 0.15) is 0 Å². The predicted octanol–water partition coefficient (Wildman–Crippen LogP) is 2.18. The van der Waals surface area contributed by atoms with Crippen molar-refractivity contribution >= 4 is 28.5 Å². The molecule has 2 N–H and O–H groups in total. The summed E-state index contributed by atoms with van der Waals surface area (Å²) in [5, 5.41) is 13.1. The molecule has 22 heavy (non-hydrogen) atoms. The van der Waals surface area contributed by atoms with Crippen molar-refractivity contribution < 1.29 is 19.4 Å². The summed E-state index contributed by atoms with van der Waals surface area (Å²) < 4.78 is 5.18. The van der Waals surface area contributed by atoms with Gasteiger partial charge in [0.25, 0.3) is 0 Å². The summed E-state index contributed by atoms with van der Waals surface area (Å²) >= 11 is 0. The van der Waals surface area contributed by atoms with Gasteiger partial charge in [0.2, 0.25) is 5.88 Å². The Morgan fingerprint density at radius 3 is 2.82 bits per heavy atom. The molecule has 1 heterocycles. The van der Waals surface area contributed by atoms with Gasteiger partial charge in [-0.3, -0.25) is 4.79 Å². The van der Waals surface area contributed by atoms with Crippen LogP contribution in [0.3, 0.4) is 0 Å². The first-order valence-corrected chi connectivity index (χ1v) is 6.68. The monoisotopic (exact) mass is 303 g/mol. The van der Waals surface area contributed by atoms with E-state index >= 15 is 0 Å². The van der Waals surface area contributed by atoms with Crippen molar-refractivity contribution in [2.75, 3.05) is 26.0 Å². The standard InChI is InChI=1S/C15H17N3O4/c1-18(8-6-13(19)20)15(21)17-11-3-4-12-10(9-11)5-7-16-14(12)22-2/h3-5,7,9H,6,8H2,1-2H3,(H,17,21)(H,19,20). The molecule has 0 aliphatic carbocycles. The Morgan fingerprint density at radius 1 is 1.36 bits per heavy atom. The number of urea groups is 1. The Balaban J connectivity index is 2.11. The van der Waals surface area contributed by atoms with Crippen LogP contribution in [-0.2, 0) is 4.79 Å². The largest absolute Gasteiger partial charge is 0.481 e. The SMILES string of the molecule is COc1nccc2cc(NC(=O)N(C)CCC(=O)O)ccc12. The number of rotatable bonds is 5. The highest BCUT2D eigenvalue weighted by Crippen LogP contribution is 2.25. The number of hydrogen-bond acceptors (Lipinski definition) is 4. The molecule has 7 heteroatoms. The fourth-order valence-electron chi connectivity index (χ4n) is 1.97. The van der Waals surface area contributed by atoms with E-state index in [0.717, 1.165) is 10.8 Å². The molecule has 116 valence electrons. The molecule has 0 unspecified atom stereocenters. The molecule has 0 fully saturated rings. The summed E-state index contributed by atoms with van der Waals surface area (Å²) in [7, 11) is 3.10. The summed E-state index contributed by atoms with van der Waals surface area (Å²) in [6.07, 6.45) is 1.54. The lowest BCUT2D eigenvalue weighted by Gasteiger charge is -2.17. The molecule has 2 amide bonds. The van der Waals surface area contributed by atoms with Gasteiger partial charge >= 0.3 is 12.0 Å². The molecule has 0 radical (unpaired) electrons. The molecule has 2 rings (SSSR count). The quantitative estimate of drug-likeness (QED) is 0.883. The van der Waals surface area contributed by atoms with Crippen molar-refractivity contribution in [2.24, 2.45) is 0 Å². The number of fused-ring (bicyclic) bond motifs is 1. The molecule has 0 saturated carbocycles. The highest BCUT2D eigenvalue weighted by atomic mass is 16.5. The number of amides is 2. The number of pyridine rings is 1. The summed E-state index contributed by atoms with van der Waals surface area (Å²) in [5.74, 6) is -0.418. The van der Waals surface area contributed by atoms with E-state index in [0.29, 0.717) is 11.6 Å². The molecule has 0 saturated heterocycles. The normalized spacial score (nSPS) is 10.3. The Morgan fingerprint density at radius 2 is 2.14 bits per heavy atom. The van der Waals surface area contributed by atoms with Crippen LogP contribution in [0.4, 0.5) is 10.5 Å². The molecule has 0 aliphatic rings. The van der Waals surface area contributed by atoms with Crippen LogP contribution in [0.15, 0.2) is 30.5 Å². The number of nitrogens with zero attached hydrogens (tertiary/aromatic N) is 2. The van der Waals surface area contributed by atoms with E-state index in [1.54, 1.807) is 26.4 Å². The molecule has 1 aromatic carbocycles. The third kappa shape index (κ3) is 3.63. The van der Waals surface area contributed by atoms with Gasteiger partial charge in [-0.25, -0.2) is 9.78 Å². The van der Waals surface area contributed by atoms with Gasteiger partial charge in [-0.1, -0.05) is 0 Å². The number of carbonyl (C=O) groups is 2. The average molecular weight is 303 g/mol. The van der Waals surface area contributed by atoms with Gasteiger partial charge in [0.15, 0.2) is 0 Å². The van der Waals surface area contributed by atoms with E-state index in [4.69, 9.17) is 9.84 Å². The number of benzene rings is 1. The van der Waals surface area contributed by atoms with Crippen LogP contribution in [0.1, 0.15) is 6.42 Å². The summed E-state index contributed by atoms with van der Waals surface area (Å²) in [4.78, 5) is 27.9. The number of carboxylic acid groups (broad SMARTS) is 1. The van der Waals surface area contributed by atoms with Crippen molar-refractivity contribution in [3.8, 4) is 5.88 Å². The number of hydrogen-bond donors (Lipinski definition) is 2. The van der Waals surface area contributed by atoms with Gasteiger partial charge < -0.3 is 20.1 Å². The first kappa shape index (κ1) is 15.6. The maximum atomic E-state index is 12.0. The molecular weight excluding hydrogens is 286 g/mol. The zero-order chi connectivity index (χ0) is 16.1. The molecule has 1 aromatic heterocycles. The smallest absolute Gasteiger partial charge is 0.321 e. The highest BCUT2D eigenvalue weighted by Gasteiger charge is 2.11. The van der Waals surface area contributed by atoms with Crippen molar-refractivity contribution in [3.63, 3.8) is 0 Å². The summed E-state index contributed by atoms with van der Waals surface area (Å²) in [6, 6.07) is 6.83. The maximum absolute atomic E-state index is 12.0. The van der Waals surface area contributed by atoms with Crippen LogP contribution >= 0.6 is 0 Å². The Hall–Kier alpha value is -2.83. The fraction of sp³-hybridized carbons (Fsp3) is 0.267. The lowest BCUT2D eigenvalue weighted by molar-refractivity contribution is -0.137. The third-order valence-corrected chi connectivity index (χ3v) is 3.18. The zero-order valence-electron chi connectivity index (χ0n) is 12.4. The highest BCUT2D eigenvalue weighted by molar-refractivity contribution is 5.94. The molecule has 0 aliphatic heterocycles. The van der Waals surface area contributed by atoms with E-state index in [1.807, 2.05) is 18.2 Å². The molecule has 0 bridgehead atoms. The number of carboxylic acids is 1. The van der Waals surface area contributed by atoms with Crippen LogP contribution in [0, 0.1) is 0 Å². The van der Waals surface area contributed by atoms with E-state index in [2.05, 4.69) is 10.3 Å². The average Bonchev–Trinajstić information content (AvgIpc) is 2.51. The molecule has 0 atom stereocenters. The van der Waals surface area contributed by atoms with Crippen molar-refractivity contribution in [3.05, 3.63) is 30.5 Å².